The van der Waals surface area contributed by atoms with Gasteiger partial charge in [-0.25, -0.2) is 0 Å². The fraction of sp³-hybridized carbons (Fsp3) is 0.231. The predicted molar refractivity (Wildman–Crippen MR) is 75.9 cm³/mol. The summed E-state index contributed by atoms with van der Waals surface area (Å²) >= 11 is 4.97. The summed E-state index contributed by atoms with van der Waals surface area (Å²) in [7, 11) is 0. The summed E-state index contributed by atoms with van der Waals surface area (Å²) in [4.78, 5) is 2.05. The lowest BCUT2D eigenvalue weighted by molar-refractivity contribution is -0.274. The second kappa shape index (κ2) is 5.75. The van der Waals surface area contributed by atoms with Gasteiger partial charge in [-0.05, 0) is 46.6 Å². The second-order valence-corrected chi connectivity index (χ2v) is 6.31. The van der Waals surface area contributed by atoms with Crippen molar-refractivity contribution >= 4 is 27.3 Å². The lowest BCUT2D eigenvalue weighted by atomic mass is 10.1. The maximum absolute atomic E-state index is 12.1. The number of thiophene rings is 1. The largest absolute Gasteiger partial charge is 0.573 e. The second-order valence-electron chi connectivity index (χ2n) is 4.16. The molecule has 0 amide bonds. The molecule has 20 heavy (non-hydrogen) atoms. The Bertz CT molecular complexity index is 595. The molecule has 0 aliphatic heterocycles. The highest BCUT2D eigenvalue weighted by molar-refractivity contribution is 9.10. The summed E-state index contributed by atoms with van der Waals surface area (Å²) in [6.45, 7) is 1.96. The zero-order valence-corrected chi connectivity index (χ0v) is 12.8. The third kappa shape index (κ3) is 3.74. The van der Waals surface area contributed by atoms with Crippen molar-refractivity contribution in [3.05, 3.63) is 50.1 Å². The minimum Gasteiger partial charge on any atom is -0.406 e. The van der Waals surface area contributed by atoms with E-state index in [9.17, 15) is 13.2 Å². The normalized spacial score (nSPS) is 13.3. The number of halogens is 4. The lowest BCUT2D eigenvalue weighted by Gasteiger charge is -2.13. The van der Waals surface area contributed by atoms with E-state index in [1.165, 1.54) is 24.3 Å². The van der Waals surface area contributed by atoms with Crippen molar-refractivity contribution in [2.24, 2.45) is 5.73 Å². The molecule has 1 heterocycles. The van der Waals surface area contributed by atoms with Gasteiger partial charge in [-0.3, -0.25) is 0 Å². The van der Waals surface area contributed by atoms with Gasteiger partial charge in [0.1, 0.15) is 5.75 Å². The van der Waals surface area contributed by atoms with Crippen LogP contribution in [0.1, 0.15) is 21.4 Å². The first kappa shape index (κ1) is 15.3. The quantitative estimate of drug-likeness (QED) is 0.850. The highest BCUT2D eigenvalue weighted by Crippen LogP contribution is 2.34. The molecule has 0 fully saturated rings. The maximum atomic E-state index is 12.1. The third-order valence-electron chi connectivity index (χ3n) is 2.59. The Kier molecular flexibility index (Phi) is 4.41. The molecule has 2 aromatic rings. The Labute approximate surface area is 126 Å². The van der Waals surface area contributed by atoms with Gasteiger partial charge in [-0.1, -0.05) is 12.1 Å². The van der Waals surface area contributed by atoms with Crippen molar-refractivity contribution < 1.29 is 17.9 Å². The minimum atomic E-state index is -4.68. The van der Waals surface area contributed by atoms with Crippen LogP contribution in [0.5, 0.6) is 5.75 Å². The molecule has 0 radical (unpaired) electrons. The molecule has 7 heteroatoms. The van der Waals surface area contributed by atoms with Gasteiger partial charge in [0.2, 0.25) is 0 Å². The first-order chi connectivity index (χ1) is 9.26. The van der Waals surface area contributed by atoms with Crippen molar-refractivity contribution in [1.29, 1.82) is 0 Å². The average molecular weight is 366 g/mol. The monoisotopic (exact) mass is 365 g/mol. The van der Waals surface area contributed by atoms with Crippen LogP contribution in [0.25, 0.3) is 0 Å². The number of aryl methyl sites for hydroxylation is 1. The molecule has 0 aliphatic rings. The summed E-state index contributed by atoms with van der Waals surface area (Å²) < 4.78 is 40.9. The van der Waals surface area contributed by atoms with E-state index >= 15 is 0 Å². The highest BCUT2D eigenvalue weighted by atomic mass is 79.9. The number of hydrogen-bond acceptors (Lipinski definition) is 3. The summed E-state index contributed by atoms with van der Waals surface area (Å²) in [6.07, 6.45) is -4.68. The first-order valence-corrected chi connectivity index (χ1v) is 7.24. The zero-order chi connectivity index (χ0) is 14.9. The molecule has 1 aromatic carbocycles. The molecule has 2 rings (SSSR count). The fourth-order valence-electron chi connectivity index (χ4n) is 1.74. The molecule has 0 spiro atoms. The van der Waals surface area contributed by atoms with Crippen LogP contribution in [-0.4, -0.2) is 6.36 Å². The van der Waals surface area contributed by atoms with E-state index in [2.05, 4.69) is 20.7 Å². The van der Waals surface area contributed by atoms with Crippen LogP contribution < -0.4 is 10.5 Å². The van der Waals surface area contributed by atoms with Gasteiger partial charge in [0.25, 0.3) is 0 Å². The van der Waals surface area contributed by atoms with Crippen molar-refractivity contribution in [2.45, 2.75) is 19.3 Å². The number of nitrogens with two attached hydrogens (primary N) is 1. The molecular weight excluding hydrogens is 355 g/mol. The summed E-state index contributed by atoms with van der Waals surface area (Å²) in [5, 5.41) is 0. The SMILES string of the molecule is Cc1cc(Br)c(C(N)c2ccc(OC(F)(F)F)cc2)s1. The number of rotatable bonds is 3. The smallest absolute Gasteiger partial charge is 0.406 e. The number of alkyl halides is 3. The van der Waals surface area contributed by atoms with Crippen LogP contribution in [0.2, 0.25) is 0 Å². The van der Waals surface area contributed by atoms with Crippen molar-refractivity contribution in [3.63, 3.8) is 0 Å². The van der Waals surface area contributed by atoms with E-state index in [0.29, 0.717) is 0 Å². The first-order valence-electron chi connectivity index (χ1n) is 5.63. The van der Waals surface area contributed by atoms with E-state index in [-0.39, 0.29) is 11.8 Å². The Hall–Kier alpha value is -1.05. The molecule has 0 saturated heterocycles. The Morgan fingerprint density at radius 3 is 2.30 bits per heavy atom. The standard InChI is InChI=1S/C13H11BrF3NOS/c1-7-6-10(14)12(20-7)11(18)8-2-4-9(5-3-8)19-13(15,16)17/h2-6,11H,18H2,1H3. The summed E-state index contributed by atoms with van der Waals surface area (Å²) in [5.74, 6) is -0.255. The third-order valence-corrected chi connectivity index (χ3v) is 4.64. The lowest BCUT2D eigenvalue weighted by Crippen LogP contribution is -2.17. The van der Waals surface area contributed by atoms with Gasteiger partial charge in [0, 0.05) is 14.2 Å². The number of benzene rings is 1. The van der Waals surface area contributed by atoms with Crippen LogP contribution >= 0.6 is 27.3 Å². The molecule has 108 valence electrons. The molecule has 2 nitrogen and oxygen atoms in total. The van der Waals surface area contributed by atoms with Gasteiger partial charge >= 0.3 is 6.36 Å². The van der Waals surface area contributed by atoms with Crippen LogP contribution in [0.3, 0.4) is 0 Å². The maximum Gasteiger partial charge on any atom is 0.573 e. The minimum absolute atomic E-state index is 0.255. The fourth-order valence-corrected chi connectivity index (χ4v) is 3.67. The van der Waals surface area contributed by atoms with E-state index in [0.717, 1.165) is 19.8 Å². The molecular formula is C13H11BrF3NOS. The predicted octanol–water partition coefficient (Wildman–Crippen LogP) is 4.77. The van der Waals surface area contributed by atoms with E-state index in [1.807, 2.05) is 13.0 Å². The number of ether oxygens (including phenoxy) is 1. The van der Waals surface area contributed by atoms with Crippen molar-refractivity contribution in [2.75, 3.05) is 0 Å². The Morgan fingerprint density at radius 2 is 1.85 bits per heavy atom. The van der Waals surface area contributed by atoms with E-state index in [4.69, 9.17) is 5.73 Å². The van der Waals surface area contributed by atoms with Crippen molar-refractivity contribution in [1.82, 2.24) is 0 Å². The number of hydrogen-bond donors (Lipinski definition) is 1. The zero-order valence-electron chi connectivity index (χ0n) is 10.4. The molecule has 1 unspecified atom stereocenters. The van der Waals surface area contributed by atoms with Crippen LogP contribution in [0, 0.1) is 6.92 Å². The molecule has 0 bridgehead atoms. The Morgan fingerprint density at radius 1 is 1.25 bits per heavy atom. The van der Waals surface area contributed by atoms with Gasteiger partial charge in [0.05, 0.1) is 6.04 Å². The van der Waals surface area contributed by atoms with E-state index in [1.54, 1.807) is 11.3 Å². The van der Waals surface area contributed by atoms with Gasteiger partial charge in [-0.2, -0.15) is 0 Å². The molecule has 1 atom stereocenters. The van der Waals surface area contributed by atoms with E-state index < -0.39 is 6.36 Å². The van der Waals surface area contributed by atoms with Crippen LogP contribution in [-0.2, 0) is 0 Å². The van der Waals surface area contributed by atoms with Crippen LogP contribution in [0.4, 0.5) is 13.2 Å². The summed E-state index contributed by atoms with van der Waals surface area (Å²) in [6, 6.07) is 7.17. The van der Waals surface area contributed by atoms with Gasteiger partial charge in [-0.15, -0.1) is 24.5 Å². The van der Waals surface area contributed by atoms with Crippen molar-refractivity contribution in [3.8, 4) is 5.75 Å². The molecule has 1 aromatic heterocycles. The van der Waals surface area contributed by atoms with Gasteiger partial charge in [0.15, 0.2) is 0 Å². The topological polar surface area (TPSA) is 35.2 Å². The average Bonchev–Trinajstić information content (AvgIpc) is 2.66. The van der Waals surface area contributed by atoms with Gasteiger partial charge < -0.3 is 10.5 Å². The molecule has 0 saturated carbocycles. The molecule has 0 aliphatic carbocycles. The highest BCUT2D eigenvalue weighted by Gasteiger charge is 2.31. The Balaban J connectivity index is 2.19. The molecule has 2 N–H and O–H groups in total. The summed E-state index contributed by atoms with van der Waals surface area (Å²) in [5.41, 5.74) is 6.85. The van der Waals surface area contributed by atoms with Crippen LogP contribution in [0.15, 0.2) is 34.8 Å².